The van der Waals surface area contributed by atoms with E-state index in [1.54, 1.807) is 11.8 Å². The van der Waals surface area contributed by atoms with Gasteiger partial charge in [0, 0.05) is 22.1 Å². The monoisotopic (exact) mass is 338 g/mol. The molecule has 0 saturated heterocycles. The number of nitrogens with one attached hydrogen (secondary N) is 1. The third-order valence-corrected chi connectivity index (χ3v) is 5.21. The quantitative estimate of drug-likeness (QED) is 0.840. The van der Waals surface area contributed by atoms with Crippen molar-refractivity contribution in [1.29, 1.82) is 0 Å². The summed E-state index contributed by atoms with van der Waals surface area (Å²) in [4.78, 5) is 16.3. The topological polar surface area (TPSA) is 42.0 Å². The lowest BCUT2D eigenvalue weighted by molar-refractivity contribution is -0.113. The molecule has 1 aliphatic carbocycles. The minimum atomic E-state index is 0.00524. The van der Waals surface area contributed by atoms with Crippen LogP contribution in [0.2, 0.25) is 5.02 Å². The van der Waals surface area contributed by atoms with Crippen molar-refractivity contribution in [2.45, 2.75) is 24.5 Å². The van der Waals surface area contributed by atoms with E-state index in [1.807, 2.05) is 29.6 Å². The molecular weight excluding hydrogens is 324 g/mol. The molecule has 1 N–H and O–H groups in total. The maximum atomic E-state index is 11.9. The summed E-state index contributed by atoms with van der Waals surface area (Å²) >= 11 is 8.94. The SMILES string of the molecule is O=C(CSCc1ccc(Cl)cc1)Nc1nc(C2CC2)cs1. The second-order valence-corrected chi connectivity index (χ2v) is 7.30. The van der Waals surface area contributed by atoms with Crippen LogP contribution < -0.4 is 5.32 Å². The molecule has 3 rings (SSSR count). The first-order valence-corrected chi connectivity index (χ1v) is 9.19. The zero-order chi connectivity index (χ0) is 14.7. The third kappa shape index (κ3) is 4.46. The van der Waals surface area contributed by atoms with Gasteiger partial charge in [-0.1, -0.05) is 23.7 Å². The first-order chi connectivity index (χ1) is 10.2. The van der Waals surface area contributed by atoms with Gasteiger partial charge >= 0.3 is 0 Å². The summed E-state index contributed by atoms with van der Waals surface area (Å²) in [5, 5.41) is 6.37. The number of amides is 1. The van der Waals surface area contributed by atoms with Crippen molar-refractivity contribution in [3.63, 3.8) is 0 Å². The largest absolute Gasteiger partial charge is 0.301 e. The highest BCUT2D eigenvalue weighted by molar-refractivity contribution is 7.99. The Hall–Kier alpha value is -1.04. The minimum absolute atomic E-state index is 0.00524. The fraction of sp³-hybridized carbons (Fsp3) is 0.333. The maximum absolute atomic E-state index is 11.9. The summed E-state index contributed by atoms with van der Waals surface area (Å²) in [5.74, 6) is 1.87. The highest BCUT2D eigenvalue weighted by Gasteiger charge is 2.26. The molecule has 6 heteroatoms. The number of hydrogen-bond donors (Lipinski definition) is 1. The van der Waals surface area contributed by atoms with Gasteiger partial charge in [-0.3, -0.25) is 4.79 Å². The number of aromatic nitrogens is 1. The van der Waals surface area contributed by atoms with Gasteiger partial charge in [0.2, 0.25) is 5.91 Å². The number of carbonyl (C=O) groups excluding carboxylic acids is 1. The van der Waals surface area contributed by atoms with Crippen LogP contribution in [0.5, 0.6) is 0 Å². The zero-order valence-electron chi connectivity index (χ0n) is 11.3. The number of benzene rings is 1. The molecule has 0 unspecified atom stereocenters. The highest BCUT2D eigenvalue weighted by atomic mass is 35.5. The van der Waals surface area contributed by atoms with Crippen molar-refractivity contribution >= 4 is 45.7 Å². The van der Waals surface area contributed by atoms with Gasteiger partial charge in [-0.15, -0.1) is 23.1 Å². The van der Waals surface area contributed by atoms with Gasteiger partial charge in [0.1, 0.15) is 0 Å². The molecule has 3 nitrogen and oxygen atoms in total. The Morgan fingerprint density at radius 1 is 1.38 bits per heavy atom. The first-order valence-electron chi connectivity index (χ1n) is 6.78. The van der Waals surface area contributed by atoms with Crippen LogP contribution in [0.3, 0.4) is 0 Å². The summed E-state index contributed by atoms with van der Waals surface area (Å²) in [7, 11) is 0. The van der Waals surface area contributed by atoms with Crippen LogP contribution in [0.4, 0.5) is 5.13 Å². The summed E-state index contributed by atoms with van der Waals surface area (Å²) in [5.41, 5.74) is 2.30. The predicted octanol–water partition coefficient (Wildman–Crippen LogP) is 4.55. The molecule has 1 heterocycles. The lowest BCUT2D eigenvalue weighted by atomic mass is 10.2. The Bertz CT molecular complexity index is 623. The van der Waals surface area contributed by atoms with E-state index >= 15 is 0 Å². The second kappa shape index (κ2) is 6.81. The molecule has 2 aromatic rings. The number of carbonyl (C=O) groups is 1. The molecule has 1 aromatic heterocycles. The molecule has 1 fully saturated rings. The lowest BCUT2D eigenvalue weighted by Crippen LogP contribution is -2.14. The van der Waals surface area contributed by atoms with Gasteiger partial charge in [0.25, 0.3) is 0 Å². The number of thioether (sulfide) groups is 1. The fourth-order valence-corrected chi connectivity index (χ4v) is 3.63. The molecule has 0 spiro atoms. The number of halogens is 1. The van der Waals surface area contributed by atoms with Gasteiger partial charge in [-0.2, -0.15) is 0 Å². The van der Waals surface area contributed by atoms with Crippen LogP contribution in [0, 0.1) is 0 Å². The van der Waals surface area contributed by atoms with Crippen LogP contribution in [-0.4, -0.2) is 16.6 Å². The molecule has 110 valence electrons. The van der Waals surface area contributed by atoms with Gasteiger partial charge < -0.3 is 5.32 Å². The van der Waals surface area contributed by atoms with Crippen LogP contribution in [-0.2, 0) is 10.5 Å². The summed E-state index contributed by atoms with van der Waals surface area (Å²) in [6, 6.07) is 7.70. The predicted molar refractivity (Wildman–Crippen MR) is 90.3 cm³/mol. The first kappa shape index (κ1) is 14.9. The van der Waals surface area contributed by atoms with Gasteiger partial charge in [0.05, 0.1) is 11.4 Å². The Kier molecular flexibility index (Phi) is 4.83. The Labute approximate surface area is 137 Å². The molecule has 1 saturated carbocycles. The Morgan fingerprint density at radius 2 is 2.14 bits per heavy atom. The molecule has 0 aliphatic heterocycles. The van der Waals surface area contributed by atoms with Crippen molar-refractivity contribution in [1.82, 2.24) is 4.98 Å². The molecule has 0 bridgehead atoms. The van der Waals surface area contributed by atoms with Gasteiger partial charge in [-0.25, -0.2) is 4.98 Å². The highest BCUT2D eigenvalue weighted by Crippen LogP contribution is 2.40. The van der Waals surface area contributed by atoms with Crippen LogP contribution in [0.25, 0.3) is 0 Å². The number of thiazole rings is 1. The van der Waals surface area contributed by atoms with E-state index in [1.165, 1.54) is 29.7 Å². The van der Waals surface area contributed by atoms with Gasteiger partial charge in [-0.05, 0) is 30.5 Å². The van der Waals surface area contributed by atoms with Crippen molar-refractivity contribution in [2.75, 3.05) is 11.1 Å². The molecule has 0 atom stereocenters. The average Bonchev–Trinajstić information content (AvgIpc) is 3.22. The molecular formula is C15H15ClN2OS2. The Balaban J connectivity index is 1.42. The van der Waals surface area contributed by atoms with E-state index in [4.69, 9.17) is 11.6 Å². The normalized spacial score (nSPS) is 14.1. The average molecular weight is 339 g/mol. The van der Waals surface area contributed by atoms with Gasteiger partial charge in [0.15, 0.2) is 5.13 Å². The molecule has 0 radical (unpaired) electrons. The number of rotatable bonds is 6. The smallest absolute Gasteiger partial charge is 0.236 e. The zero-order valence-corrected chi connectivity index (χ0v) is 13.7. The summed E-state index contributed by atoms with van der Waals surface area (Å²) < 4.78 is 0. The van der Waals surface area contributed by atoms with Crippen LogP contribution >= 0.6 is 34.7 Å². The van der Waals surface area contributed by atoms with Crippen molar-refractivity contribution in [3.8, 4) is 0 Å². The van der Waals surface area contributed by atoms with E-state index in [0.29, 0.717) is 16.8 Å². The number of nitrogens with zero attached hydrogens (tertiary/aromatic N) is 1. The Morgan fingerprint density at radius 3 is 2.86 bits per heavy atom. The maximum Gasteiger partial charge on any atom is 0.236 e. The number of hydrogen-bond acceptors (Lipinski definition) is 4. The van der Waals surface area contributed by atoms with Crippen molar-refractivity contribution in [3.05, 3.63) is 45.9 Å². The second-order valence-electron chi connectivity index (χ2n) is 5.02. The molecule has 1 amide bonds. The van der Waals surface area contributed by atoms with E-state index in [2.05, 4.69) is 10.3 Å². The van der Waals surface area contributed by atoms with Crippen molar-refractivity contribution < 1.29 is 4.79 Å². The van der Waals surface area contributed by atoms with E-state index in [9.17, 15) is 4.79 Å². The van der Waals surface area contributed by atoms with Crippen LogP contribution in [0.15, 0.2) is 29.6 Å². The minimum Gasteiger partial charge on any atom is -0.301 e. The lowest BCUT2D eigenvalue weighted by Gasteiger charge is -2.03. The standard InChI is InChI=1S/C15H15ClN2OS2/c16-12-5-1-10(2-6-12)7-20-9-14(19)18-15-17-13(8-21-15)11-3-4-11/h1-2,5-6,8,11H,3-4,7,9H2,(H,17,18,19). The van der Waals surface area contributed by atoms with E-state index < -0.39 is 0 Å². The van der Waals surface area contributed by atoms with Crippen molar-refractivity contribution in [2.24, 2.45) is 0 Å². The molecule has 21 heavy (non-hydrogen) atoms. The summed E-state index contributed by atoms with van der Waals surface area (Å²) in [6.45, 7) is 0. The molecule has 1 aromatic carbocycles. The van der Waals surface area contributed by atoms with E-state index in [0.717, 1.165) is 16.5 Å². The third-order valence-electron chi connectivity index (χ3n) is 3.18. The number of anilines is 1. The summed E-state index contributed by atoms with van der Waals surface area (Å²) in [6.07, 6.45) is 2.46. The van der Waals surface area contributed by atoms with E-state index in [-0.39, 0.29) is 5.91 Å². The van der Waals surface area contributed by atoms with Crippen LogP contribution in [0.1, 0.15) is 30.0 Å². The molecule has 1 aliphatic rings. The fourth-order valence-electron chi connectivity index (χ4n) is 1.91.